The molecule has 8 heteroatoms. The van der Waals surface area contributed by atoms with Crippen molar-refractivity contribution in [3.05, 3.63) is 71.8 Å². The topological polar surface area (TPSA) is 66.8 Å². The lowest BCUT2D eigenvalue weighted by Gasteiger charge is -2.33. The molecule has 0 saturated heterocycles. The summed E-state index contributed by atoms with van der Waals surface area (Å²) in [5, 5.41) is 9.37. The fraction of sp³-hybridized carbons (Fsp3) is 0.200. The van der Waals surface area contributed by atoms with Gasteiger partial charge in [0.2, 0.25) is 5.91 Å². The standard InChI is InChI=1S/C20H16F3NO4/c1-2-18(25)24-11-13-9-16(6-3-12(13)10-17(24)19(26)27)28-15-7-4-14(5-8-15)20(21,22)23/h2-9,17H,1,10-11H2,(H,26,27). The summed E-state index contributed by atoms with van der Waals surface area (Å²) in [4.78, 5) is 24.7. The number of benzene rings is 2. The van der Waals surface area contributed by atoms with Crippen LogP contribution in [0.2, 0.25) is 0 Å². The van der Waals surface area contributed by atoms with Gasteiger partial charge in [0.15, 0.2) is 0 Å². The average molecular weight is 391 g/mol. The molecule has 1 amide bonds. The summed E-state index contributed by atoms with van der Waals surface area (Å²) >= 11 is 0. The van der Waals surface area contributed by atoms with Crippen molar-refractivity contribution in [1.29, 1.82) is 0 Å². The molecule has 3 rings (SSSR count). The molecule has 0 bridgehead atoms. The van der Waals surface area contributed by atoms with Crippen molar-refractivity contribution < 1.29 is 32.6 Å². The van der Waals surface area contributed by atoms with Gasteiger partial charge in [-0.2, -0.15) is 13.2 Å². The van der Waals surface area contributed by atoms with Crippen molar-refractivity contribution >= 4 is 11.9 Å². The van der Waals surface area contributed by atoms with Crippen LogP contribution in [0.1, 0.15) is 16.7 Å². The lowest BCUT2D eigenvalue weighted by Crippen LogP contribution is -2.48. The number of hydrogen-bond donors (Lipinski definition) is 1. The average Bonchev–Trinajstić information content (AvgIpc) is 2.66. The van der Waals surface area contributed by atoms with Crippen LogP contribution in [0.15, 0.2) is 55.1 Å². The molecular formula is C20H16F3NO4. The normalized spacial score (nSPS) is 16.2. The van der Waals surface area contributed by atoms with Crippen LogP contribution in [0.5, 0.6) is 11.5 Å². The van der Waals surface area contributed by atoms with Gasteiger partial charge in [0.25, 0.3) is 0 Å². The molecular weight excluding hydrogens is 375 g/mol. The Morgan fingerprint density at radius 2 is 1.75 bits per heavy atom. The smallest absolute Gasteiger partial charge is 0.416 e. The lowest BCUT2D eigenvalue weighted by atomic mass is 9.93. The molecule has 1 N–H and O–H groups in total. The highest BCUT2D eigenvalue weighted by atomic mass is 19.4. The minimum atomic E-state index is -4.42. The zero-order chi connectivity index (χ0) is 20.5. The lowest BCUT2D eigenvalue weighted by molar-refractivity contribution is -0.149. The molecule has 0 fully saturated rings. The van der Waals surface area contributed by atoms with Gasteiger partial charge in [0.05, 0.1) is 5.56 Å². The number of halogens is 3. The van der Waals surface area contributed by atoms with Crippen molar-refractivity contribution in [2.75, 3.05) is 0 Å². The largest absolute Gasteiger partial charge is 0.480 e. The number of rotatable bonds is 4. The van der Waals surface area contributed by atoms with Crippen molar-refractivity contribution in [2.24, 2.45) is 0 Å². The third-order valence-corrected chi connectivity index (χ3v) is 4.47. The number of alkyl halides is 3. The summed E-state index contributed by atoms with van der Waals surface area (Å²) in [6.07, 6.45) is -3.22. The third kappa shape index (κ3) is 4.00. The first kappa shape index (κ1) is 19.5. The van der Waals surface area contributed by atoms with Crippen molar-refractivity contribution in [3.8, 4) is 11.5 Å². The van der Waals surface area contributed by atoms with Crippen LogP contribution < -0.4 is 4.74 Å². The molecule has 1 aliphatic rings. The van der Waals surface area contributed by atoms with E-state index in [0.717, 1.165) is 23.8 Å². The number of aliphatic carboxylic acids is 1. The van der Waals surface area contributed by atoms with E-state index in [1.54, 1.807) is 18.2 Å². The van der Waals surface area contributed by atoms with E-state index in [0.29, 0.717) is 11.3 Å². The summed E-state index contributed by atoms with van der Waals surface area (Å²) in [6, 6.07) is 8.26. The van der Waals surface area contributed by atoms with Crippen LogP contribution in [0.4, 0.5) is 13.2 Å². The molecule has 28 heavy (non-hydrogen) atoms. The highest BCUT2D eigenvalue weighted by molar-refractivity contribution is 5.91. The van der Waals surface area contributed by atoms with E-state index in [4.69, 9.17) is 4.74 Å². The van der Waals surface area contributed by atoms with E-state index >= 15 is 0 Å². The predicted octanol–water partition coefficient (Wildman–Crippen LogP) is 4.02. The molecule has 5 nitrogen and oxygen atoms in total. The fourth-order valence-electron chi connectivity index (χ4n) is 3.04. The molecule has 0 saturated carbocycles. The first-order valence-electron chi connectivity index (χ1n) is 8.32. The van der Waals surface area contributed by atoms with Gasteiger partial charge in [-0.05, 0) is 53.6 Å². The maximum Gasteiger partial charge on any atom is 0.416 e. The van der Waals surface area contributed by atoms with E-state index in [1.165, 1.54) is 17.0 Å². The number of carboxylic acid groups (broad SMARTS) is 1. The number of fused-ring (bicyclic) bond motifs is 1. The maximum absolute atomic E-state index is 12.6. The van der Waals surface area contributed by atoms with Gasteiger partial charge < -0.3 is 14.7 Å². The SMILES string of the molecule is C=CC(=O)N1Cc2cc(Oc3ccc(C(F)(F)F)cc3)ccc2CC1C(=O)O. The Bertz CT molecular complexity index is 922. The zero-order valence-corrected chi connectivity index (χ0v) is 14.6. The zero-order valence-electron chi connectivity index (χ0n) is 14.6. The van der Waals surface area contributed by atoms with Gasteiger partial charge in [-0.3, -0.25) is 4.79 Å². The van der Waals surface area contributed by atoms with Gasteiger partial charge in [0, 0.05) is 13.0 Å². The number of ether oxygens (including phenoxy) is 1. The summed E-state index contributed by atoms with van der Waals surface area (Å²) in [6.45, 7) is 3.47. The van der Waals surface area contributed by atoms with E-state index in [-0.39, 0.29) is 18.7 Å². The van der Waals surface area contributed by atoms with Gasteiger partial charge in [-0.1, -0.05) is 12.6 Å². The molecule has 0 aromatic heterocycles. The maximum atomic E-state index is 12.6. The number of carboxylic acids is 1. The predicted molar refractivity (Wildman–Crippen MR) is 93.8 cm³/mol. The molecule has 1 unspecified atom stereocenters. The van der Waals surface area contributed by atoms with E-state index in [9.17, 15) is 27.9 Å². The van der Waals surface area contributed by atoms with E-state index in [1.807, 2.05) is 0 Å². The molecule has 0 spiro atoms. The highest BCUT2D eigenvalue weighted by Gasteiger charge is 2.34. The van der Waals surface area contributed by atoms with Gasteiger partial charge >= 0.3 is 12.1 Å². The third-order valence-electron chi connectivity index (χ3n) is 4.47. The van der Waals surface area contributed by atoms with Crippen LogP contribution in [-0.4, -0.2) is 27.9 Å². The van der Waals surface area contributed by atoms with Crippen LogP contribution >= 0.6 is 0 Å². The number of nitrogens with zero attached hydrogens (tertiary/aromatic N) is 1. The Labute approximate surface area is 158 Å². The first-order valence-corrected chi connectivity index (χ1v) is 8.32. The number of carbonyl (C=O) groups excluding carboxylic acids is 1. The van der Waals surface area contributed by atoms with E-state index in [2.05, 4.69) is 6.58 Å². The van der Waals surface area contributed by atoms with Gasteiger partial charge in [0.1, 0.15) is 17.5 Å². The molecule has 2 aromatic rings. The first-order chi connectivity index (χ1) is 13.2. The summed E-state index contributed by atoms with van der Waals surface area (Å²) in [7, 11) is 0. The number of carbonyl (C=O) groups is 2. The van der Waals surface area contributed by atoms with E-state index < -0.39 is 29.7 Å². The fourth-order valence-corrected chi connectivity index (χ4v) is 3.04. The monoisotopic (exact) mass is 391 g/mol. The molecule has 2 aromatic carbocycles. The van der Waals surface area contributed by atoms with Gasteiger partial charge in [-0.15, -0.1) is 0 Å². The Morgan fingerprint density at radius 1 is 1.11 bits per heavy atom. The molecule has 146 valence electrons. The van der Waals surface area contributed by atoms with Gasteiger partial charge in [-0.25, -0.2) is 4.79 Å². The Morgan fingerprint density at radius 3 is 2.32 bits per heavy atom. The second-order valence-corrected chi connectivity index (χ2v) is 6.28. The van der Waals surface area contributed by atoms with Crippen molar-refractivity contribution in [2.45, 2.75) is 25.2 Å². The minimum Gasteiger partial charge on any atom is -0.480 e. The van der Waals surface area contributed by atoms with Crippen LogP contribution in [0.3, 0.4) is 0 Å². The van der Waals surface area contributed by atoms with Crippen LogP contribution in [0.25, 0.3) is 0 Å². The van der Waals surface area contributed by atoms with Crippen LogP contribution in [-0.2, 0) is 28.7 Å². The summed E-state index contributed by atoms with van der Waals surface area (Å²) in [5.41, 5.74) is 0.695. The summed E-state index contributed by atoms with van der Waals surface area (Å²) in [5.74, 6) is -0.998. The second-order valence-electron chi connectivity index (χ2n) is 6.28. The second kappa shape index (κ2) is 7.38. The number of hydrogen-bond acceptors (Lipinski definition) is 3. The summed E-state index contributed by atoms with van der Waals surface area (Å²) < 4.78 is 43.5. The van der Waals surface area contributed by atoms with Crippen molar-refractivity contribution in [3.63, 3.8) is 0 Å². The Kier molecular flexibility index (Phi) is 5.13. The molecule has 0 aliphatic carbocycles. The van der Waals surface area contributed by atoms with Crippen LogP contribution in [0, 0.1) is 0 Å². The molecule has 1 aliphatic heterocycles. The minimum absolute atomic E-state index is 0.0708. The molecule has 1 atom stereocenters. The highest BCUT2D eigenvalue weighted by Crippen LogP contribution is 2.33. The quantitative estimate of drug-likeness (QED) is 0.800. The Hall–Kier alpha value is -3.29. The number of amides is 1. The Balaban J connectivity index is 1.83. The molecule has 1 heterocycles. The van der Waals surface area contributed by atoms with Crippen molar-refractivity contribution in [1.82, 2.24) is 4.90 Å². The molecule has 0 radical (unpaired) electrons.